The molecule has 48 heavy (non-hydrogen) atoms. The van der Waals surface area contributed by atoms with Crippen LogP contribution in [-0.2, 0) is 33.5 Å². The maximum absolute atomic E-state index is 13.7. The third-order valence-corrected chi connectivity index (χ3v) is 9.22. The Labute approximate surface area is 280 Å². The first-order valence-electron chi connectivity index (χ1n) is 16.8. The number of carboxylic acid groups (broad SMARTS) is 1. The zero-order valence-electron chi connectivity index (χ0n) is 27.6. The minimum Gasteiger partial charge on any atom is -0.479 e. The molecule has 1 spiro atoms. The van der Waals surface area contributed by atoms with E-state index in [2.05, 4.69) is 21.3 Å². The minimum absolute atomic E-state index is 0.121. The van der Waals surface area contributed by atoms with Gasteiger partial charge < -0.3 is 36.0 Å². The van der Waals surface area contributed by atoms with Gasteiger partial charge in [-0.25, -0.2) is 9.59 Å². The smallest absolute Gasteiger partial charge is 0.407 e. The number of nitrogens with one attached hydrogen (secondary N) is 4. The molecule has 2 saturated heterocycles. The number of benzene rings is 1. The van der Waals surface area contributed by atoms with Gasteiger partial charge in [-0.05, 0) is 61.8 Å². The van der Waals surface area contributed by atoms with Gasteiger partial charge in [-0.2, -0.15) is 0 Å². The van der Waals surface area contributed by atoms with Crippen LogP contribution in [0.3, 0.4) is 0 Å². The molecule has 1 aromatic carbocycles. The third kappa shape index (κ3) is 10.0. The largest absolute Gasteiger partial charge is 0.479 e. The second-order valence-corrected chi connectivity index (χ2v) is 13.5. The molecule has 2 aliphatic heterocycles. The Kier molecular flexibility index (Phi) is 12.5. The molecule has 3 fully saturated rings. The highest BCUT2D eigenvalue weighted by molar-refractivity contribution is 6.38. The molecule has 1 aromatic rings. The van der Waals surface area contributed by atoms with Crippen LogP contribution in [0, 0.1) is 11.3 Å². The summed E-state index contributed by atoms with van der Waals surface area (Å²) in [5.74, 6) is -4.94. The van der Waals surface area contributed by atoms with Gasteiger partial charge in [-0.15, -0.1) is 0 Å². The first-order chi connectivity index (χ1) is 22.9. The number of carbonyl (C=O) groups is 7. The molecular weight excluding hydrogens is 622 g/mol. The van der Waals surface area contributed by atoms with Gasteiger partial charge in [0.2, 0.25) is 23.5 Å². The van der Waals surface area contributed by atoms with E-state index in [1.54, 1.807) is 30.3 Å². The number of ether oxygens (including phenoxy) is 1. The fourth-order valence-electron chi connectivity index (χ4n) is 6.41. The van der Waals surface area contributed by atoms with E-state index in [0.717, 1.165) is 32.1 Å². The van der Waals surface area contributed by atoms with Gasteiger partial charge in [0.15, 0.2) is 6.04 Å². The number of rotatable bonds is 10. The van der Waals surface area contributed by atoms with Gasteiger partial charge in [-0.1, -0.05) is 63.4 Å². The van der Waals surface area contributed by atoms with Crippen molar-refractivity contribution >= 4 is 41.5 Å². The first-order valence-corrected chi connectivity index (χ1v) is 16.8. The molecule has 1 unspecified atom stereocenters. The van der Waals surface area contributed by atoms with Gasteiger partial charge >= 0.3 is 12.1 Å². The third-order valence-electron chi connectivity index (χ3n) is 9.22. The highest BCUT2D eigenvalue weighted by Gasteiger charge is 2.47. The predicted molar refractivity (Wildman–Crippen MR) is 172 cm³/mol. The number of hydrogen-bond donors (Lipinski definition) is 5. The minimum atomic E-state index is -1.35. The second kappa shape index (κ2) is 16.6. The Bertz CT molecular complexity index is 1360. The zero-order valence-corrected chi connectivity index (χ0v) is 27.6. The molecule has 4 atom stereocenters. The van der Waals surface area contributed by atoms with Crippen molar-refractivity contribution in [3.63, 3.8) is 0 Å². The maximum atomic E-state index is 13.7. The number of nitrogens with zero attached hydrogens (tertiary/aromatic N) is 1. The summed E-state index contributed by atoms with van der Waals surface area (Å²) in [6.45, 7) is 3.67. The van der Waals surface area contributed by atoms with Crippen molar-refractivity contribution in [1.82, 2.24) is 26.2 Å². The topological polar surface area (TPSA) is 200 Å². The summed E-state index contributed by atoms with van der Waals surface area (Å²) in [4.78, 5) is 92.2. The van der Waals surface area contributed by atoms with Crippen molar-refractivity contribution in [1.29, 1.82) is 0 Å². The van der Waals surface area contributed by atoms with Gasteiger partial charge in [0.05, 0.1) is 19.2 Å². The molecule has 1 saturated carbocycles. The molecule has 1 aliphatic carbocycles. The number of amides is 5. The standard InChI is InChI=1S/C34H47N5O9/c1-21(2)20-48-33(47)37-23-12-7-4-8-14-34(15-16-34)18-24(36-29(42)25-13-9-17-39(25)31(23)44)28(41)30(43)35-19-26(40)38-27(32(45)46)22-10-5-3-6-11-22/h3,5-6,10-11,21,23-25,27H,4,7-9,12-20H2,1-2H3,(H,35,43)(H,36,42)(H,37,47)(H,38,40)(H,45,46)/t23-,24?,25+,27+/m1/s1. The molecule has 5 N–H and O–H groups in total. The Morgan fingerprint density at radius 3 is 2.40 bits per heavy atom. The highest BCUT2D eigenvalue weighted by atomic mass is 16.5. The number of ketones is 1. The molecule has 0 bridgehead atoms. The number of carbonyl (C=O) groups excluding carboxylic acids is 6. The fourth-order valence-corrected chi connectivity index (χ4v) is 6.41. The van der Waals surface area contributed by atoms with E-state index in [1.165, 1.54) is 4.90 Å². The molecule has 5 amide bonds. The molecule has 4 rings (SSSR count). The number of alkyl carbamates (subject to hydrolysis) is 1. The summed E-state index contributed by atoms with van der Waals surface area (Å²) in [5.41, 5.74) is 0.119. The van der Waals surface area contributed by atoms with E-state index in [9.17, 15) is 38.7 Å². The van der Waals surface area contributed by atoms with Crippen LogP contribution in [0.25, 0.3) is 0 Å². The lowest BCUT2D eigenvalue weighted by atomic mass is 9.88. The van der Waals surface area contributed by atoms with E-state index in [0.29, 0.717) is 37.8 Å². The lowest BCUT2D eigenvalue weighted by molar-refractivity contribution is -0.143. The van der Waals surface area contributed by atoms with E-state index in [4.69, 9.17) is 4.74 Å². The number of hydrogen-bond acceptors (Lipinski definition) is 8. The zero-order chi connectivity index (χ0) is 34.8. The number of carboxylic acids is 1. The Balaban J connectivity index is 1.44. The maximum Gasteiger partial charge on any atom is 0.407 e. The monoisotopic (exact) mass is 669 g/mol. The van der Waals surface area contributed by atoms with Crippen LogP contribution >= 0.6 is 0 Å². The summed E-state index contributed by atoms with van der Waals surface area (Å²) in [7, 11) is 0. The molecule has 14 heteroatoms. The number of Topliss-reactive ketones (excluding diaryl/α,β-unsaturated/α-hetero) is 1. The van der Waals surface area contributed by atoms with Crippen LogP contribution in [0.4, 0.5) is 4.79 Å². The Morgan fingerprint density at radius 1 is 1.00 bits per heavy atom. The predicted octanol–water partition coefficient (Wildman–Crippen LogP) is 1.97. The summed E-state index contributed by atoms with van der Waals surface area (Å²) >= 11 is 0. The quantitative estimate of drug-likeness (QED) is 0.231. The molecule has 3 aliphatic rings. The average molecular weight is 670 g/mol. The first kappa shape index (κ1) is 36.3. The van der Waals surface area contributed by atoms with E-state index < -0.39 is 72.2 Å². The van der Waals surface area contributed by atoms with Gasteiger partial charge in [0, 0.05) is 6.54 Å². The van der Waals surface area contributed by atoms with Crippen LogP contribution in [0.1, 0.15) is 89.7 Å². The van der Waals surface area contributed by atoms with Gasteiger partial charge in [-0.3, -0.25) is 24.0 Å². The van der Waals surface area contributed by atoms with Crippen LogP contribution in [-0.4, -0.2) is 89.3 Å². The van der Waals surface area contributed by atoms with Crippen LogP contribution in [0.5, 0.6) is 0 Å². The average Bonchev–Trinajstić information content (AvgIpc) is 3.63. The van der Waals surface area contributed by atoms with Crippen LogP contribution in [0.2, 0.25) is 0 Å². The Morgan fingerprint density at radius 2 is 1.73 bits per heavy atom. The summed E-state index contributed by atoms with van der Waals surface area (Å²) in [5, 5.41) is 19.7. The van der Waals surface area contributed by atoms with Crippen molar-refractivity contribution in [3.8, 4) is 0 Å². The highest BCUT2D eigenvalue weighted by Crippen LogP contribution is 2.53. The lowest BCUT2D eigenvalue weighted by Gasteiger charge is -2.31. The summed E-state index contributed by atoms with van der Waals surface area (Å²) in [6, 6.07) is 3.77. The molecule has 0 radical (unpaired) electrons. The molecule has 14 nitrogen and oxygen atoms in total. The van der Waals surface area contributed by atoms with Crippen molar-refractivity contribution in [3.05, 3.63) is 35.9 Å². The molecular formula is C34H47N5O9. The van der Waals surface area contributed by atoms with Crippen molar-refractivity contribution in [2.24, 2.45) is 11.3 Å². The van der Waals surface area contributed by atoms with Gasteiger partial charge in [0.25, 0.3) is 5.91 Å². The van der Waals surface area contributed by atoms with Crippen LogP contribution < -0.4 is 21.3 Å². The number of fused-ring (bicyclic) bond motifs is 1. The summed E-state index contributed by atoms with van der Waals surface area (Å²) < 4.78 is 5.25. The second-order valence-electron chi connectivity index (χ2n) is 13.5. The molecule has 0 aromatic heterocycles. The normalized spacial score (nSPS) is 23.2. The molecule has 262 valence electrons. The molecule has 2 heterocycles. The van der Waals surface area contributed by atoms with Crippen molar-refractivity contribution in [2.75, 3.05) is 19.7 Å². The van der Waals surface area contributed by atoms with Crippen LogP contribution in [0.15, 0.2) is 30.3 Å². The van der Waals surface area contributed by atoms with Gasteiger partial charge in [0.1, 0.15) is 12.1 Å². The Hall–Kier alpha value is -4.49. The van der Waals surface area contributed by atoms with Crippen molar-refractivity contribution < 1.29 is 43.4 Å². The SMILES string of the molecule is CC(C)COC(=O)N[C@@H]1CCCCCC2(CC2)CC(C(=O)C(=O)NCC(=O)N[C@H](C(=O)O)c2ccccc2)NC(=O)[C@@H]2CCCN2C1=O. The number of aliphatic carboxylic acids is 1. The fraction of sp³-hybridized carbons (Fsp3) is 0.618. The van der Waals surface area contributed by atoms with Crippen molar-refractivity contribution in [2.45, 2.75) is 102 Å². The van der Waals surface area contributed by atoms with E-state index in [1.807, 2.05) is 13.8 Å². The van der Waals surface area contributed by atoms with E-state index in [-0.39, 0.29) is 24.4 Å². The van der Waals surface area contributed by atoms with E-state index >= 15 is 0 Å². The lowest BCUT2D eigenvalue weighted by Crippen LogP contribution is -2.57. The summed E-state index contributed by atoms with van der Waals surface area (Å²) in [6.07, 6.45) is 5.58.